The monoisotopic (exact) mass is 255 g/mol. The molecule has 0 aromatic rings. The molecule has 1 saturated heterocycles. The van der Waals surface area contributed by atoms with Gasteiger partial charge >= 0.3 is 0 Å². The normalized spacial score (nSPS) is 20.2. The molecule has 1 aliphatic rings. The van der Waals surface area contributed by atoms with Gasteiger partial charge in [0, 0.05) is 19.1 Å². The van der Waals surface area contributed by atoms with Crippen LogP contribution in [0.15, 0.2) is 0 Å². The molecule has 0 aliphatic carbocycles. The third kappa shape index (κ3) is 6.72. The zero-order valence-electron chi connectivity index (χ0n) is 12.5. The maximum Gasteiger partial charge on any atom is 0.0107 e. The second-order valence-corrected chi connectivity index (χ2v) is 5.80. The fourth-order valence-electron chi connectivity index (χ4n) is 2.66. The molecule has 0 aromatic carbocycles. The average Bonchev–Trinajstić information content (AvgIpc) is 2.40. The number of nitrogens with zero attached hydrogens (tertiary/aromatic N) is 1. The van der Waals surface area contributed by atoms with E-state index in [1.54, 1.807) is 0 Å². The van der Waals surface area contributed by atoms with Gasteiger partial charge in [0.25, 0.3) is 0 Å². The maximum absolute atomic E-state index is 5.91. The first-order chi connectivity index (χ1) is 8.76. The van der Waals surface area contributed by atoms with E-state index in [0.29, 0.717) is 6.04 Å². The molecule has 0 spiro atoms. The van der Waals surface area contributed by atoms with Gasteiger partial charge in [-0.25, -0.2) is 0 Å². The summed E-state index contributed by atoms with van der Waals surface area (Å²) in [5.74, 6) is 0.875. The Morgan fingerprint density at radius 1 is 1.28 bits per heavy atom. The maximum atomic E-state index is 5.91. The largest absolute Gasteiger partial charge is 0.328 e. The van der Waals surface area contributed by atoms with Gasteiger partial charge in [0.1, 0.15) is 0 Å². The van der Waals surface area contributed by atoms with Crippen molar-refractivity contribution in [3.63, 3.8) is 0 Å². The van der Waals surface area contributed by atoms with Gasteiger partial charge < -0.3 is 16.0 Å². The molecule has 18 heavy (non-hydrogen) atoms. The minimum absolute atomic E-state index is 0.452. The molecule has 0 saturated carbocycles. The van der Waals surface area contributed by atoms with Crippen LogP contribution in [0.1, 0.15) is 52.4 Å². The lowest BCUT2D eigenvalue weighted by Crippen LogP contribution is -2.42. The third-order valence-corrected chi connectivity index (χ3v) is 4.21. The van der Waals surface area contributed by atoms with Crippen LogP contribution in [0, 0.1) is 5.92 Å². The van der Waals surface area contributed by atoms with E-state index in [0.717, 1.165) is 12.5 Å². The molecule has 1 aliphatic heterocycles. The smallest absolute Gasteiger partial charge is 0.0107 e. The number of hydrogen-bond donors (Lipinski definition) is 2. The summed E-state index contributed by atoms with van der Waals surface area (Å²) < 4.78 is 0. The van der Waals surface area contributed by atoms with Crippen LogP contribution < -0.4 is 11.1 Å². The van der Waals surface area contributed by atoms with Crippen LogP contribution in [-0.4, -0.2) is 43.7 Å². The van der Waals surface area contributed by atoms with Crippen LogP contribution in [0.2, 0.25) is 0 Å². The lowest BCUT2D eigenvalue weighted by molar-refractivity contribution is 0.212. The van der Waals surface area contributed by atoms with Crippen molar-refractivity contribution in [3.05, 3.63) is 0 Å². The quantitative estimate of drug-likeness (QED) is 0.621. The Bertz CT molecular complexity index is 181. The summed E-state index contributed by atoms with van der Waals surface area (Å²) in [4.78, 5) is 2.54. The summed E-state index contributed by atoms with van der Waals surface area (Å²) >= 11 is 0. The number of nitrogens with one attached hydrogen (secondary N) is 1. The van der Waals surface area contributed by atoms with Gasteiger partial charge in [0.2, 0.25) is 0 Å². The highest BCUT2D eigenvalue weighted by Gasteiger charge is 2.15. The van der Waals surface area contributed by atoms with Crippen LogP contribution in [0.25, 0.3) is 0 Å². The minimum Gasteiger partial charge on any atom is -0.328 e. The zero-order valence-corrected chi connectivity index (χ0v) is 12.5. The molecule has 1 atom stereocenters. The molecule has 1 rings (SSSR count). The molecule has 0 bridgehead atoms. The van der Waals surface area contributed by atoms with Gasteiger partial charge in [0.05, 0.1) is 0 Å². The summed E-state index contributed by atoms with van der Waals surface area (Å²) in [7, 11) is 0. The molecule has 1 heterocycles. The summed E-state index contributed by atoms with van der Waals surface area (Å²) in [6.45, 7) is 10.5. The van der Waals surface area contributed by atoms with Gasteiger partial charge in [-0.2, -0.15) is 0 Å². The number of unbranched alkanes of at least 4 members (excludes halogenated alkanes) is 1. The SMILES string of the molecule is CCCCC(CC)CNCCN1CCC(N)CC1. The average molecular weight is 255 g/mol. The molecule has 0 amide bonds. The van der Waals surface area contributed by atoms with E-state index in [1.807, 2.05) is 0 Å². The first-order valence-electron chi connectivity index (χ1n) is 7.94. The Balaban J connectivity index is 1.99. The van der Waals surface area contributed by atoms with Crippen molar-refractivity contribution < 1.29 is 0 Å². The molecule has 0 aromatic heterocycles. The summed E-state index contributed by atoms with van der Waals surface area (Å²) in [6, 6.07) is 0.452. The number of hydrogen-bond acceptors (Lipinski definition) is 3. The molecular formula is C15H33N3. The van der Waals surface area contributed by atoms with Gasteiger partial charge in [0.15, 0.2) is 0 Å². The molecule has 3 heteroatoms. The first kappa shape index (κ1) is 15.9. The van der Waals surface area contributed by atoms with Gasteiger partial charge in [-0.05, 0) is 44.8 Å². The Hall–Kier alpha value is -0.120. The van der Waals surface area contributed by atoms with Crippen molar-refractivity contribution in [1.82, 2.24) is 10.2 Å². The number of likely N-dealkylation sites (tertiary alicyclic amines) is 1. The standard InChI is InChI=1S/C15H33N3/c1-3-5-6-14(4-2)13-17-9-12-18-10-7-15(16)8-11-18/h14-15,17H,3-13,16H2,1-2H3. The van der Waals surface area contributed by atoms with Crippen molar-refractivity contribution in [2.24, 2.45) is 11.7 Å². The first-order valence-corrected chi connectivity index (χ1v) is 7.94. The highest BCUT2D eigenvalue weighted by atomic mass is 15.1. The van der Waals surface area contributed by atoms with Crippen molar-refractivity contribution in [2.75, 3.05) is 32.7 Å². The van der Waals surface area contributed by atoms with E-state index in [9.17, 15) is 0 Å². The third-order valence-electron chi connectivity index (χ3n) is 4.21. The van der Waals surface area contributed by atoms with Gasteiger partial charge in [-0.15, -0.1) is 0 Å². The van der Waals surface area contributed by atoms with E-state index < -0.39 is 0 Å². The predicted molar refractivity (Wildman–Crippen MR) is 79.8 cm³/mol. The summed E-state index contributed by atoms with van der Waals surface area (Å²) in [5, 5.41) is 3.63. The summed E-state index contributed by atoms with van der Waals surface area (Å²) in [5.41, 5.74) is 5.91. The molecule has 3 N–H and O–H groups in total. The second kappa shape index (κ2) is 9.76. The van der Waals surface area contributed by atoms with Crippen LogP contribution in [0.4, 0.5) is 0 Å². The van der Waals surface area contributed by atoms with E-state index >= 15 is 0 Å². The minimum atomic E-state index is 0.452. The molecule has 1 unspecified atom stereocenters. The Morgan fingerprint density at radius 2 is 2.00 bits per heavy atom. The van der Waals surface area contributed by atoms with Crippen molar-refractivity contribution in [3.8, 4) is 0 Å². The van der Waals surface area contributed by atoms with E-state index in [-0.39, 0.29) is 0 Å². The molecule has 1 fully saturated rings. The van der Waals surface area contributed by atoms with Crippen molar-refractivity contribution in [1.29, 1.82) is 0 Å². The number of piperidine rings is 1. The van der Waals surface area contributed by atoms with Crippen LogP contribution >= 0.6 is 0 Å². The van der Waals surface area contributed by atoms with Crippen LogP contribution in [0.5, 0.6) is 0 Å². The van der Waals surface area contributed by atoms with Crippen LogP contribution in [0.3, 0.4) is 0 Å². The molecule has 108 valence electrons. The fraction of sp³-hybridized carbons (Fsp3) is 1.00. The topological polar surface area (TPSA) is 41.3 Å². The lowest BCUT2D eigenvalue weighted by atomic mass is 9.99. The number of nitrogens with two attached hydrogens (primary N) is 1. The van der Waals surface area contributed by atoms with E-state index in [1.165, 1.54) is 64.7 Å². The van der Waals surface area contributed by atoms with Crippen molar-refractivity contribution >= 4 is 0 Å². The van der Waals surface area contributed by atoms with Crippen molar-refractivity contribution in [2.45, 2.75) is 58.4 Å². The highest BCUT2D eigenvalue weighted by Crippen LogP contribution is 2.11. The van der Waals surface area contributed by atoms with Gasteiger partial charge in [-0.3, -0.25) is 0 Å². The zero-order chi connectivity index (χ0) is 13.2. The summed E-state index contributed by atoms with van der Waals surface area (Å²) in [6.07, 6.45) is 7.75. The van der Waals surface area contributed by atoms with E-state index in [4.69, 9.17) is 5.73 Å². The second-order valence-electron chi connectivity index (χ2n) is 5.80. The molecule has 0 radical (unpaired) electrons. The Kier molecular flexibility index (Phi) is 8.64. The van der Waals surface area contributed by atoms with Crippen LogP contribution in [-0.2, 0) is 0 Å². The predicted octanol–water partition coefficient (Wildman–Crippen LogP) is 2.22. The Morgan fingerprint density at radius 3 is 2.61 bits per heavy atom. The molecule has 3 nitrogen and oxygen atoms in total. The van der Waals surface area contributed by atoms with Gasteiger partial charge in [-0.1, -0.05) is 33.1 Å². The Labute approximate surface area is 113 Å². The molecular weight excluding hydrogens is 222 g/mol. The van der Waals surface area contributed by atoms with E-state index in [2.05, 4.69) is 24.1 Å². The fourth-order valence-corrected chi connectivity index (χ4v) is 2.66. The lowest BCUT2D eigenvalue weighted by Gasteiger charge is -2.30. The number of rotatable bonds is 9. The highest BCUT2D eigenvalue weighted by molar-refractivity contribution is 4.74.